The highest BCUT2D eigenvalue weighted by molar-refractivity contribution is 4.80. The van der Waals surface area contributed by atoms with Gasteiger partial charge in [-0.25, -0.2) is 4.39 Å². The average Bonchev–Trinajstić information content (AvgIpc) is 2.10. The number of halogens is 1. The molecule has 0 N–H and O–H groups in total. The molecular weight excluding hydrogens is 145 g/mol. The fourth-order valence-electron chi connectivity index (χ4n) is 1.41. The highest BCUT2D eigenvalue weighted by atomic mass is 19.1. The van der Waals surface area contributed by atoms with E-state index in [-0.39, 0.29) is 12.2 Å². The van der Waals surface area contributed by atoms with E-state index in [0.29, 0.717) is 6.42 Å². The van der Waals surface area contributed by atoms with E-state index >= 15 is 0 Å². The van der Waals surface area contributed by atoms with E-state index in [0.717, 1.165) is 6.54 Å². The van der Waals surface area contributed by atoms with Crippen molar-refractivity contribution < 1.29 is 9.13 Å². The Morgan fingerprint density at radius 2 is 2.18 bits per heavy atom. The third-order valence-corrected chi connectivity index (χ3v) is 1.97. The molecule has 0 bridgehead atoms. The molecule has 0 aromatic rings. The molecule has 11 heavy (non-hydrogen) atoms. The van der Waals surface area contributed by atoms with E-state index in [2.05, 4.69) is 0 Å². The largest absolute Gasteiger partial charge is 0.371 e. The first-order chi connectivity index (χ1) is 5.09. The lowest BCUT2D eigenvalue weighted by atomic mass is 10.2. The van der Waals surface area contributed by atoms with Gasteiger partial charge in [-0.1, -0.05) is 0 Å². The second-order valence-corrected chi connectivity index (χ2v) is 3.48. The van der Waals surface area contributed by atoms with Crippen molar-refractivity contribution in [2.45, 2.75) is 31.7 Å². The number of hydrogen-bond donors (Lipinski definition) is 0. The third kappa shape index (κ3) is 2.42. The Morgan fingerprint density at radius 1 is 1.55 bits per heavy atom. The van der Waals surface area contributed by atoms with Crippen LogP contribution in [0.2, 0.25) is 0 Å². The van der Waals surface area contributed by atoms with Crippen LogP contribution in [0, 0.1) is 0 Å². The molecule has 3 unspecified atom stereocenters. The van der Waals surface area contributed by atoms with Gasteiger partial charge in [0.05, 0.1) is 12.2 Å². The van der Waals surface area contributed by atoms with Gasteiger partial charge in [0, 0.05) is 13.0 Å². The molecule has 3 atom stereocenters. The van der Waals surface area contributed by atoms with E-state index in [4.69, 9.17) is 4.74 Å². The molecule has 3 heteroatoms. The van der Waals surface area contributed by atoms with Crippen LogP contribution in [0.5, 0.6) is 0 Å². The number of likely N-dealkylation sites (N-methyl/N-ethyl adjacent to an activating group) is 1. The molecule has 0 aliphatic carbocycles. The van der Waals surface area contributed by atoms with Crippen molar-refractivity contribution in [3.63, 3.8) is 0 Å². The molecule has 0 aromatic heterocycles. The van der Waals surface area contributed by atoms with Gasteiger partial charge in [0.1, 0.15) is 6.17 Å². The smallest absolute Gasteiger partial charge is 0.128 e. The van der Waals surface area contributed by atoms with Crippen LogP contribution in [0.25, 0.3) is 0 Å². The van der Waals surface area contributed by atoms with Crippen LogP contribution in [-0.4, -0.2) is 43.9 Å². The average molecular weight is 161 g/mol. The molecule has 1 aliphatic rings. The molecule has 0 radical (unpaired) electrons. The first-order valence-corrected chi connectivity index (χ1v) is 4.04. The molecule has 1 heterocycles. The molecule has 0 aromatic carbocycles. The van der Waals surface area contributed by atoms with Crippen LogP contribution in [0.3, 0.4) is 0 Å². The summed E-state index contributed by atoms with van der Waals surface area (Å²) in [6.45, 7) is 2.62. The fourth-order valence-corrected chi connectivity index (χ4v) is 1.41. The zero-order valence-corrected chi connectivity index (χ0v) is 7.38. The summed E-state index contributed by atoms with van der Waals surface area (Å²) < 4.78 is 18.2. The molecule has 1 saturated heterocycles. The summed E-state index contributed by atoms with van der Waals surface area (Å²) in [5, 5.41) is 0. The zero-order valence-electron chi connectivity index (χ0n) is 7.38. The van der Waals surface area contributed by atoms with Gasteiger partial charge < -0.3 is 9.64 Å². The van der Waals surface area contributed by atoms with Crippen molar-refractivity contribution in [1.82, 2.24) is 4.90 Å². The SMILES string of the molecule is CC1OC(CN(C)C)CC1F. The first kappa shape index (κ1) is 8.94. The third-order valence-electron chi connectivity index (χ3n) is 1.97. The monoisotopic (exact) mass is 161 g/mol. The molecular formula is C8H16FNO. The Bertz CT molecular complexity index is 117. The van der Waals surface area contributed by atoms with Crippen molar-refractivity contribution >= 4 is 0 Å². The van der Waals surface area contributed by atoms with Crippen molar-refractivity contribution in [2.24, 2.45) is 0 Å². The normalized spacial score (nSPS) is 38.5. The highest BCUT2D eigenvalue weighted by Crippen LogP contribution is 2.22. The number of ether oxygens (including phenoxy) is 1. The van der Waals surface area contributed by atoms with E-state index in [1.54, 1.807) is 6.92 Å². The quantitative estimate of drug-likeness (QED) is 0.600. The molecule has 2 nitrogen and oxygen atoms in total. The van der Waals surface area contributed by atoms with E-state index in [1.165, 1.54) is 0 Å². The maximum Gasteiger partial charge on any atom is 0.128 e. The predicted molar refractivity (Wildman–Crippen MR) is 42.4 cm³/mol. The maximum absolute atomic E-state index is 12.9. The van der Waals surface area contributed by atoms with E-state index < -0.39 is 6.17 Å². The number of hydrogen-bond acceptors (Lipinski definition) is 2. The van der Waals surface area contributed by atoms with Gasteiger partial charge in [0.15, 0.2) is 0 Å². The number of alkyl halides is 1. The summed E-state index contributed by atoms with van der Waals surface area (Å²) in [6, 6.07) is 0. The standard InChI is InChI=1S/C8H16FNO/c1-6-8(9)4-7(11-6)5-10(2)3/h6-8H,4-5H2,1-3H3. The van der Waals surface area contributed by atoms with Crippen molar-refractivity contribution in [2.75, 3.05) is 20.6 Å². The fraction of sp³-hybridized carbons (Fsp3) is 1.00. The highest BCUT2D eigenvalue weighted by Gasteiger charge is 2.31. The minimum absolute atomic E-state index is 0.0926. The van der Waals surface area contributed by atoms with Crippen molar-refractivity contribution in [1.29, 1.82) is 0 Å². The Hall–Kier alpha value is -0.150. The summed E-state index contributed by atoms with van der Waals surface area (Å²) in [5.41, 5.74) is 0. The van der Waals surface area contributed by atoms with E-state index in [9.17, 15) is 4.39 Å². The molecule has 1 fully saturated rings. The molecule has 1 rings (SSSR count). The lowest BCUT2D eigenvalue weighted by Gasteiger charge is -2.15. The van der Waals surface area contributed by atoms with Gasteiger partial charge in [0.2, 0.25) is 0 Å². The van der Waals surface area contributed by atoms with Crippen molar-refractivity contribution in [3.05, 3.63) is 0 Å². The Kier molecular flexibility index (Phi) is 2.84. The predicted octanol–water partition coefficient (Wildman–Crippen LogP) is 1.06. The van der Waals surface area contributed by atoms with Crippen molar-refractivity contribution in [3.8, 4) is 0 Å². The summed E-state index contributed by atoms with van der Waals surface area (Å²) in [4.78, 5) is 2.02. The van der Waals surface area contributed by atoms with Gasteiger partial charge >= 0.3 is 0 Å². The maximum atomic E-state index is 12.9. The zero-order chi connectivity index (χ0) is 8.43. The summed E-state index contributed by atoms with van der Waals surface area (Å²) in [6.07, 6.45) is -0.325. The van der Waals surface area contributed by atoms with Gasteiger partial charge in [-0.3, -0.25) is 0 Å². The molecule has 0 amide bonds. The lowest BCUT2D eigenvalue weighted by molar-refractivity contribution is 0.0285. The van der Waals surface area contributed by atoms with Crippen LogP contribution in [0.1, 0.15) is 13.3 Å². The van der Waals surface area contributed by atoms with Crippen LogP contribution in [0.15, 0.2) is 0 Å². The van der Waals surface area contributed by atoms with Crippen LogP contribution in [-0.2, 0) is 4.74 Å². The topological polar surface area (TPSA) is 12.5 Å². The molecule has 0 saturated carbocycles. The minimum atomic E-state index is -0.764. The minimum Gasteiger partial charge on any atom is -0.371 e. The van der Waals surface area contributed by atoms with Gasteiger partial charge in [-0.15, -0.1) is 0 Å². The summed E-state index contributed by atoms with van der Waals surface area (Å²) >= 11 is 0. The van der Waals surface area contributed by atoms with Crippen LogP contribution in [0.4, 0.5) is 4.39 Å². The number of nitrogens with zero attached hydrogens (tertiary/aromatic N) is 1. The Morgan fingerprint density at radius 3 is 2.55 bits per heavy atom. The summed E-state index contributed by atoms with van der Waals surface area (Å²) in [7, 11) is 3.94. The number of rotatable bonds is 2. The molecule has 0 spiro atoms. The second kappa shape index (κ2) is 3.50. The molecule has 1 aliphatic heterocycles. The van der Waals surface area contributed by atoms with E-state index in [1.807, 2.05) is 19.0 Å². The Labute approximate surface area is 67.3 Å². The van der Waals surface area contributed by atoms with Crippen LogP contribution < -0.4 is 0 Å². The second-order valence-electron chi connectivity index (χ2n) is 3.48. The lowest BCUT2D eigenvalue weighted by Crippen LogP contribution is -2.25. The summed E-state index contributed by atoms with van der Waals surface area (Å²) in [5.74, 6) is 0. The van der Waals surface area contributed by atoms with Gasteiger partial charge in [-0.2, -0.15) is 0 Å². The van der Waals surface area contributed by atoms with Gasteiger partial charge in [-0.05, 0) is 21.0 Å². The Balaban J connectivity index is 2.29. The first-order valence-electron chi connectivity index (χ1n) is 4.04. The molecule has 66 valence electrons. The van der Waals surface area contributed by atoms with Gasteiger partial charge in [0.25, 0.3) is 0 Å². The van der Waals surface area contributed by atoms with Crippen LogP contribution >= 0.6 is 0 Å².